The van der Waals surface area contributed by atoms with Crippen molar-refractivity contribution in [2.75, 3.05) is 0 Å². The van der Waals surface area contributed by atoms with Crippen molar-refractivity contribution < 1.29 is 4.74 Å². The first-order chi connectivity index (χ1) is 9.38. The number of hydrogen-bond acceptors (Lipinski definition) is 1. The second-order valence-electron chi connectivity index (χ2n) is 5.31. The highest BCUT2D eigenvalue weighted by Crippen LogP contribution is 2.38. The van der Waals surface area contributed by atoms with E-state index in [1.54, 1.807) is 0 Å². The molecule has 2 unspecified atom stereocenters. The average Bonchev–Trinajstić information content (AvgIpc) is 3.13. The van der Waals surface area contributed by atoms with Crippen LogP contribution in [0.3, 0.4) is 0 Å². The van der Waals surface area contributed by atoms with Gasteiger partial charge >= 0.3 is 0 Å². The van der Waals surface area contributed by atoms with Gasteiger partial charge in [0.05, 0.1) is 6.26 Å². The summed E-state index contributed by atoms with van der Waals surface area (Å²) in [5.41, 5.74) is 2.73. The first-order valence-corrected chi connectivity index (χ1v) is 7.13. The molecule has 98 valence electrons. The molecule has 1 aromatic rings. The van der Waals surface area contributed by atoms with E-state index in [-0.39, 0.29) is 0 Å². The van der Waals surface area contributed by atoms with Crippen LogP contribution in [0.25, 0.3) is 0 Å². The highest BCUT2D eigenvalue weighted by Gasteiger charge is 2.19. The van der Waals surface area contributed by atoms with E-state index in [4.69, 9.17) is 4.74 Å². The fourth-order valence-electron chi connectivity index (χ4n) is 3.09. The zero-order chi connectivity index (χ0) is 13.1. The van der Waals surface area contributed by atoms with Crippen molar-refractivity contribution in [3.8, 4) is 5.75 Å². The van der Waals surface area contributed by atoms with Gasteiger partial charge in [-0.1, -0.05) is 43.0 Å². The molecule has 1 aromatic carbocycles. The Hall–Kier alpha value is -1.76. The van der Waals surface area contributed by atoms with Gasteiger partial charge in [-0.15, -0.1) is 0 Å². The molecule has 0 amide bonds. The fraction of sp³-hybridized carbons (Fsp3) is 0.333. The summed E-state index contributed by atoms with van der Waals surface area (Å²) in [6.07, 6.45) is 15.5. The molecule has 0 fully saturated rings. The molecule has 0 aromatic heterocycles. The van der Waals surface area contributed by atoms with Gasteiger partial charge in [0.15, 0.2) is 0 Å². The Kier molecular flexibility index (Phi) is 3.54. The predicted molar refractivity (Wildman–Crippen MR) is 79.5 cm³/mol. The highest BCUT2D eigenvalue weighted by molar-refractivity contribution is 5.44. The second kappa shape index (κ2) is 5.48. The summed E-state index contributed by atoms with van der Waals surface area (Å²) in [4.78, 5) is 0. The standard InChI is InChI=1S/C18H20O/c1-2-19-18-12-11-16(14-7-3-4-8-14)13-17(18)15-9-5-6-10-15/h2-3,5,7,9,11-15H,1,4,6,8,10H2. The van der Waals surface area contributed by atoms with Crippen molar-refractivity contribution in [2.24, 2.45) is 0 Å². The van der Waals surface area contributed by atoms with E-state index in [9.17, 15) is 0 Å². The minimum absolute atomic E-state index is 0.500. The van der Waals surface area contributed by atoms with Crippen LogP contribution in [0.4, 0.5) is 0 Å². The SMILES string of the molecule is C=COc1ccc(C2C=CCC2)cc1C1C=CCC1. The Bertz CT molecular complexity index is 524. The minimum atomic E-state index is 0.500. The van der Waals surface area contributed by atoms with Crippen LogP contribution >= 0.6 is 0 Å². The predicted octanol–water partition coefficient (Wildman–Crippen LogP) is 5.08. The van der Waals surface area contributed by atoms with Gasteiger partial charge in [0.1, 0.15) is 5.75 Å². The Morgan fingerprint density at radius 3 is 2.42 bits per heavy atom. The van der Waals surface area contributed by atoms with Crippen LogP contribution in [-0.2, 0) is 0 Å². The molecule has 1 nitrogen and oxygen atoms in total. The van der Waals surface area contributed by atoms with Gasteiger partial charge in [0.25, 0.3) is 0 Å². The molecule has 0 saturated heterocycles. The molecule has 2 atom stereocenters. The number of allylic oxidation sites excluding steroid dienone is 4. The summed E-state index contributed by atoms with van der Waals surface area (Å²) in [5, 5.41) is 0. The molecule has 3 rings (SSSR count). The van der Waals surface area contributed by atoms with Gasteiger partial charge in [-0.3, -0.25) is 0 Å². The average molecular weight is 252 g/mol. The van der Waals surface area contributed by atoms with Crippen LogP contribution in [0.5, 0.6) is 5.75 Å². The number of ether oxygens (including phenoxy) is 1. The lowest BCUT2D eigenvalue weighted by Crippen LogP contribution is -1.99. The molecule has 0 radical (unpaired) electrons. The monoisotopic (exact) mass is 252 g/mol. The third-order valence-electron chi connectivity index (χ3n) is 4.10. The zero-order valence-electron chi connectivity index (χ0n) is 11.2. The van der Waals surface area contributed by atoms with Gasteiger partial charge in [0, 0.05) is 17.4 Å². The number of hydrogen-bond donors (Lipinski definition) is 0. The van der Waals surface area contributed by atoms with Crippen LogP contribution in [0.1, 0.15) is 48.6 Å². The molecule has 2 aliphatic rings. The molecular formula is C18H20O. The largest absolute Gasteiger partial charge is 0.465 e. The Morgan fingerprint density at radius 1 is 1.05 bits per heavy atom. The lowest BCUT2D eigenvalue weighted by molar-refractivity contribution is 0.473. The van der Waals surface area contributed by atoms with Gasteiger partial charge in [-0.05, 0) is 37.3 Å². The maximum absolute atomic E-state index is 5.58. The quantitative estimate of drug-likeness (QED) is 0.536. The maximum atomic E-state index is 5.58. The number of rotatable bonds is 4. The van der Waals surface area contributed by atoms with Crippen LogP contribution in [-0.4, -0.2) is 0 Å². The van der Waals surface area contributed by atoms with Crippen LogP contribution in [0, 0.1) is 0 Å². The van der Waals surface area contributed by atoms with E-state index in [1.165, 1.54) is 43.1 Å². The lowest BCUT2D eigenvalue weighted by atomic mass is 9.91. The first kappa shape index (κ1) is 12.3. The first-order valence-electron chi connectivity index (χ1n) is 7.13. The lowest BCUT2D eigenvalue weighted by Gasteiger charge is -2.17. The minimum Gasteiger partial charge on any atom is -0.465 e. The van der Waals surface area contributed by atoms with E-state index in [0.717, 1.165) is 5.75 Å². The van der Waals surface area contributed by atoms with E-state index >= 15 is 0 Å². The molecule has 2 aliphatic carbocycles. The van der Waals surface area contributed by atoms with Crippen LogP contribution < -0.4 is 4.74 Å². The van der Waals surface area contributed by atoms with Gasteiger partial charge < -0.3 is 4.74 Å². The maximum Gasteiger partial charge on any atom is 0.130 e. The molecule has 0 aliphatic heterocycles. The van der Waals surface area contributed by atoms with Gasteiger partial charge in [-0.2, -0.15) is 0 Å². The Labute approximate surface area is 115 Å². The number of benzene rings is 1. The smallest absolute Gasteiger partial charge is 0.130 e. The Balaban J connectivity index is 1.96. The van der Waals surface area contributed by atoms with Crippen molar-refractivity contribution in [1.29, 1.82) is 0 Å². The van der Waals surface area contributed by atoms with E-state index in [0.29, 0.717) is 11.8 Å². The van der Waals surface area contributed by atoms with Gasteiger partial charge in [-0.25, -0.2) is 0 Å². The molecule has 0 N–H and O–H groups in total. The summed E-state index contributed by atoms with van der Waals surface area (Å²) < 4.78 is 5.58. The van der Waals surface area contributed by atoms with Crippen LogP contribution in [0.15, 0.2) is 55.3 Å². The molecule has 0 saturated carbocycles. The molecule has 19 heavy (non-hydrogen) atoms. The summed E-state index contributed by atoms with van der Waals surface area (Å²) in [7, 11) is 0. The zero-order valence-corrected chi connectivity index (χ0v) is 11.2. The highest BCUT2D eigenvalue weighted by atomic mass is 16.5. The molecule has 0 spiro atoms. The van der Waals surface area contributed by atoms with E-state index in [1.807, 2.05) is 0 Å². The van der Waals surface area contributed by atoms with Gasteiger partial charge in [0.2, 0.25) is 0 Å². The third kappa shape index (κ3) is 2.51. The topological polar surface area (TPSA) is 9.23 Å². The van der Waals surface area contributed by atoms with Crippen molar-refractivity contribution in [2.45, 2.75) is 37.5 Å². The van der Waals surface area contributed by atoms with Crippen molar-refractivity contribution in [3.63, 3.8) is 0 Å². The third-order valence-corrected chi connectivity index (χ3v) is 4.10. The van der Waals surface area contributed by atoms with Crippen molar-refractivity contribution >= 4 is 0 Å². The summed E-state index contributed by atoms with van der Waals surface area (Å²) in [6, 6.07) is 6.63. The molecular weight excluding hydrogens is 232 g/mol. The Morgan fingerprint density at radius 2 is 1.79 bits per heavy atom. The second-order valence-corrected chi connectivity index (χ2v) is 5.31. The van der Waals surface area contributed by atoms with Crippen molar-refractivity contribution in [3.05, 3.63) is 66.5 Å². The van der Waals surface area contributed by atoms with Crippen LogP contribution in [0.2, 0.25) is 0 Å². The summed E-state index contributed by atoms with van der Waals surface area (Å²) in [6.45, 7) is 3.67. The molecule has 0 heterocycles. The summed E-state index contributed by atoms with van der Waals surface area (Å²) >= 11 is 0. The fourth-order valence-corrected chi connectivity index (χ4v) is 3.09. The molecule has 1 heteroatoms. The van der Waals surface area contributed by atoms with E-state index in [2.05, 4.69) is 49.1 Å². The normalized spacial score (nSPS) is 24.8. The molecule has 0 bridgehead atoms. The summed E-state index contributed by atoms with van der Waals surface area (Å²) in [5.74, 6) is 2.04. The van der Waals surface area contributed by atoms with Crippen molar-refractivity contribution in [1.82, 2.24) is 0 Å². The van der Waals surface area contributed by atoms with E-state index < -0.39 is 0 Å².